The number of nitrogen functional groups attached to an aromatic ring is 1. The first kappa shape index (κ1) is 17.8. The van der Waals surface area contributed by atoms with Crippen molar-refractivity contribution in [2.24, 2.45) is 5.92 Å². The molecule has 0 aliphatic heterocycles. The minimum Gasteiger partial charge on any atom is -0.338 e. The molecule has 2 N–H and O–H groups in total. The second kappa shape index (κ2) is 7.92. The van der Waals surface area contributed by atoms with Gasteiger partial charge in [0, 0.05) is 0 Å². The van der Waals surface area contributed by atoms with Gasteiger partial charge in [-0.15, -0.1) is 12.4 Å². The molecule has 0 amide bonds. The van der Waals surface area contributed by atoms with E-state index in [2.05, 4.69) is 47.4 Å². The largest absolute Gasteiger partial charge is 0.338 e. The van der Waals surface area contributed by atoms with Gasteiger partial charge in [-0.3, -0.25) is 0 Å². The minimum absolute atomic E-state index is 0. The highest BCUT2D eigenvalue weighted by molar-refractivity contribution is 5.85. The maximum Gasteiger partial charge on any atom is 0.115 e. The number of benzene rings is 2. The van der Waals surface area contributed by atoms with Gasteiger partial charge >= 0.3 is 0 Å². The van der Waals surface area contributed by atoms with E-state index in [0.717, 1.165) is 17.0 Å². The normalized spacial score (nSPS) is 15.7. The molecule has 0 saturated heterocycles. The summed E-state index contributed by atoms with van der Waals surface area (Å²) in [5.41, 5.74) is 5.86. The lowest BCUT2D eigenvalue weighted by molar-refractivity contribution is 0.458. The molecule has 2 aromatic carbocycles. The molecule has 1 aliphatic carbocycles. The summed E-state index contributed by atoms with van der Waals surface area (Å²) in [5.74, 6) is 6.72. The van der Waals surface area contributed by atoms with E-state index in [1.807, 2.05) is 0 Å². The van der Waals surface area contributed by atoms with Crippen molar-refractivity contribution in [2.45, 2.75) is 44.9 Å². The molecule has 1 aromatic heterocycles. The fraction of sp³-hybridized carbons (Fsp3) is 0.381. The van der Waals surface area contributed by atoms with Crippen LogP contribution in [0.15, 0.2) is 48.8 Å². The third kappa shape index (κ3) is 3.98. The van der Waals surface area contributed by atoms with Crippen LogP contribution in [0.3, 0.4) is 0 Å². The number of hydrogen-bond donors (Lipinski definition) is 1. The van der Waals surface area contributed by atoms with Crippen molar-refractivity contribution in [2.75, 3.05) is 5.84 Å². The second-order valence-electron chi connectivity index (χ2n) is 7.12. The van der Waals surface area contributed by atoms with Crippen molar-refractivity contribution >= 4 is 23.4 Å². The Morgan fingerprint density at radius 2 is 1.72 bits per heavy atom. The summed E-state index contributed by atoms with van der Waals surface area (Å²) in [7, 11) is 0. The van der Waals surface area contributed by atoms with Crippen molar-refractivity contribution in [1.82, 2.24) is 9.66 Å². The Kier molecular flexibility index (Phi) is 5.64. The van der Waals surface area contributed by atoms with E-state index in [4.69, 9.17) is 5.84 Å². The Labute approximate surface area is 155 Å². The molecule has 0 bridgehead atoms. The summed E-state index contributed by atoms with van der Waals surface area (Å²) >= 11 is 0. The molecule has 25 heavy (non-hydrogen) atoms. The maximum absolute atomic E-state index is 5.86. The third-order valence-electron chi connectivity index (χ3n) is 5.33. The van der Waals surface area contributed by atoms with Crippen molar-refractivity contribution < 1.29 is 0 Å². The van der Waals surface area contributed by atoms with E-state index in [1.165, 1.54) is 61.6 Å². The fourth-order valence-electron chi connectivity index (χ4n) is 3.99. The first-order valence-corrected chi connectivity index (χ1v) is 9.11. The van der Waals surface area contributed by atoms with Crippen LogP contribution in [0.4, 0.5) is 0 Å². The van der Waals surface area contributed by atoms with Gasteiger partial charge in [-0.2, -0.15) is 0 Å². The molecule has 1 fully saturated rings. The van der Waals surface area contributed by atoms with Gasteiger partial charge in [0.15, 0.2) is 0 Å². The zero-order chi connectivity index (χ0) is 16.4. The Morgan fingerprint density at radius 3 is 2.52 bits per heavy atom. The van der Waals surface area contributed by atoms with Gasteiger partial charge in [-0.05, 0) is 41.2 Å². The van der Waals surface area contributed by atoms with E-state index in [0.29, 0.717) is 0 Å². The maximum atomic E-state index is 5.86. The Morgan fingerprint density at radius 1 is 0.960 bits per heavy atom. The second-order valence-corrected chi connectivity index (χ2v) is 7.12. The number of rotatable bonds is 3. The van der Waals surface area contributed by atoms with Crippen LogP contribution in [0.25, 0.3) is 22.2 Å². The summed E-state index contributed by atoms with van der Waals surface area (Å²) in [4.78, 5) is 4.37. The van der Waals surface area contributed by atoms with Gasteiger partial charge in [0.25, 0.3) is 0 Å². The number of imidazole rings is 1. The van der Waals surface area contributed by atoms with Gasteiger partial charge in [-0.25, -0.2) is 9.66 Å². The average molecular weight is 356 g/mol. The van der Waals surface area contributed by atoms with Crippen LogP contribution in [-0.4, -0.2) is 9.66 Å². The van der Waals surface area contributed by atoms with Crippen molar-refractivity contribution in [3.63, 3.8) is 0 Å². The van der Waals surface area contributed by atoms with Crippen LogP contribution in [0.5, 0.6) is 0 Å². The highest BCUT2D eigenvalue weighted by Gasteiger charge is 2.13. The van der Waals surface area contributed by atoms with Crippen LogP contribution in [-0.2, 0) is 6.42 Å². The summed E-state index contributed by atoms with van der Waals surface area (Å²) < 4.78 is 1.57. The fourth-order valence-corrected chi connectivity index (χ4v) is 3.99. The number of fused-ring (bicyclic) bond motifs is 1. The van der Waals surface area contributed by atoms with Crippen LogP contribution < -0.4 is 5.84 Å². The summed E-state index contributed by atoms with van der Waals surface area (Å²) in [5, 5.41) is 0. The van der Waals surface area contributed by atoms with Crippen molar-refractivity contribution in [3.05, 3.63) is 54.4 Å². The molecule has 0 unspecified atom stereocenters. The molecular formula is C21H26ClN3. The molecule has 4 heteroatoms. The van der Waals surface area contributed by atoms with E-state index in [-0.39, 0.29) is 12.4 Å². The predicted octanol–water partition coefficient (Wildman–Crippen LogP) is 5.35. The summed E-state index contributed by atoms with van der Waals surface area (Å²) in [6, 6.07) is 15.3. The highest BCUT2D eigenvalue weighted by Crippen LogP contribution is 2.28. The number of nitrogens with zero attached hydrogens (tertiary/aromatic N) is 2. The molecular weight excluding hydrogens is 330 g/mol. The molecule has 1 saturated carbocycles. The molecule has 4 rings (SSSR count). The van der Waals surface area contributed by atoms with Gasteiger partial charge in [0.2, 0.25) is 0 Å². The van der Waals surface area contributed by atoms with E-state index in [9.17, 15) is 0 Å². The summed E-state index contributed by atoms with van der Waals surface area (Å²) in [6.07, 6.45) is 11.3. The van der Waals surface area contributed by atoms with Gasteiger partial charge in [0.05, 0.1) is 11.0 Å². The van der Waals surface area contributed by atoms with Crippen LogP contribution in [0.2, 0.25) is 0 Å². The molecule has 0 spiro atoms. The predicted molar refractivity (Wildman–Crippen MR) is 107 cm³/mol. The van der Waals surface area contributed by atoms with Gasteiger partial charge in [0.1, 0.15) is 6.33 Å². The Hall–Kier alpha value is -2.00. The average Bonchev–Trinajstić information content (AvgIpc) is 2.81. The SMILES string of the molecule is Cl.Nn1cnc2cc(-c3cccc(CC4CCCCCC4)c3)ccc21. The molecule has 132 valence electrons. The molecule has 3 nitrogen and oxygen atoms in total. The number of hydrogen-bond acceptors (Lipinski definition) is 2. The zero-order valence-corrected chi connectivity index (χ0v) is 15.3. The minimum atomic E-state index is 0. The quantitative estimate of drug-likeness (QED) is 0.508. The number of nitrogens with two attached hydrogens (primary N) is 1. The lowest BCUT2D eigenvalue weighted by Crippen LogP contribution is -2.04. The van der Waals surface area contributed by atoms with Gasteiger partial charge in [-0.1, -0.05) is 68.9 Å². The summed E-state index contributed by atoms with van der Waals surface area (Å²) in [6.45, 7) is 0. The molecule has 0 radical (unpaired) electrons. The van der Waals surface area contributed by atoms with E-state index >= 15 is 0 Å². The van der Waals surface area contributed by atoms with E-state index in [1.54, 1.807) is 11.0 Å². The van der Waals surface area contributed by atoms with Crippen LogP contribution >= 0.6 is 12.4 Å². The van der Waals surface area contributed by atoms with Crippen LogP contribution in [0.1, 0.15) is 44.1 Å². The number of aromatic nitrogens is 2. The Bertz CT molecular complexity index is 832. The van der Waals surface area contributed by atoms with Crippen molar-refractivity contribution in [3.8, 4) is 11.1 Å². The third-order valence-corrected chi connectivity index (χ3v) is 5.33. The first-order chi connectivity index (χ1) is 11.8. The lowest BCUT2D eigenvalue weighted by atomic mass is 9.91. The highest BCUT2D eigenvalue weighted by atomic mass is 35.5. The van der Waals surface area contributed by atoms with E-state index < -0.39 is 0 Å². The molecule has 1 aliphatic rings. The monoisotopic (exact) mass is 355 g/mol. The smallest absolute Gasteiger partial charge is 0.115 e. The first-order valence-electron chi connectivity index (χ1n) is 9.11. The molecule has 3 aromatic rings. The standard InChI is InChI=1S/C21H25N3.ClH/c22-24-15-23-20-14-19(10-11-21(20)24)18-9-5-8-17(13-18)12-16-6-3-1-2-4-7-16;/h5,8-11,13-16H,1-4,6-7,12,22H2;1H. The van der Waals surface area contributed by atoms with Crippen LogP contribution in [0, 0.1) is 5.92 Å². The van der Waals surface area contributed by atoms with Crippen molar-refractivity contribution in [1.29, 1.82) is 0 Å². The lowest BCUT2D eigenvalue weighted by Gasteiger charge is -2.14. The van der Waals surface area contributed by atoms with Gasteiger partial charge < -0.3 is 5.84 Å². The number of halogens is 1. The Balaban J connectivity index is 0.00000182. The molecule has 0 atom stereocenters. The topological polar surface area (TPSA) is 43.8 Å². The zero-order valence-electron chi connectivity index (χ0n) is 14.5. The molecule has 1 heterocycles.